The van der Waals surface area contributed by atoms with Gasteiger partial charge in [-0.1, -0.05) is 31.1 Å². The van der Waals surface area contributed by atoms with E-state index in [1.165, 1.54) is 11.0 Å². The summed E-state index contributed by atoms with van der Waals surface area (Å²) in [5, 5.41) is 5.46. The SMILES string of the molecule is C=CCNS(=O)(=O)NC(=O)[C@@]12C[C@H]1/C=C\CCCCC[C@H](NC(=O)OC(C)(C)C)C(=O)N1CCC[C@H]1C(=O)N2. The largest absolute Gasteiger partial charge is 0.444 e. The molecule has 3 aliphatic rings. The monoisotopic (exact) mass is 567 g/mol. The number of allylic oxidation sites excluding steroid dienone is 1. The summed E-state index contributed by atoms with van der Waals surface area (Å²) in [5.74, 6) is -2.14. The molecule has 2 aliphatic heterocycles. The van der Waals surface area contributed by atoms with Crippen LogP contribution >= 0.6 is 0 Å². The number of nitrogens with zero attached hydrogens (tertiary/aromatic N) is 1. The number of hydrogen-bond acceptors (Lipinski definition) is 7. The van der Waals surface area contributed by atoms with Crippen LogP contribution in [0.2, 0.25) is 0 Å². The Kier molecular flexibility index (Phi) is 9.81. The Labute approximate surface area is 230 Å². The maximum Gasteiger partial charge on any atom is 0.408 e. The van der Waals surface area contributed by atoms with Crippen molar-refractivity contribution in [3.63, 3.8) is 0 Å². The molecular formula is C26H41N5O7S. The number of nitrogens with one attached hydrogen (secondary N) is 4. The highest BCUT2D eigenvalue weighted by molar-refractivity contribution is 7.88. The molecule has 0 aromatic heterocycles. The van der Waals surface area contributed by atoms with Gasteiger partial charge in [0, 0.05) is 19.0 Å². The Balaban J connectivity index is 1.82. The first-order valence-corrected chi connectivity index (χ1v) is 15.0. The van der Waals surface area contributed by atoms with Gasteiger partial charge in [0.2, 0.25) is 11.8 Å². The summed E-state index contributed by atoms with van der Waals surface area (Å²) in [5.41, 5.74) is -2.18. The Morgan fingerprint density at radius 1 is 1.21 bits per heavy atom. The van der Waals surface area contributed by atoms with Crippen LogP contribution in [-0.2, 0) is 29.3 Å². The van der Waals surface area contributed by atoms with Crippen molar-refractivity contribution in [2.45, 2.75) is 95.4 Å². The van der Waals surface area contributed by atoms with Gasteiger partial charge in [0.25, 0.3) is 5.91 Å². The van der Waals surface area contributed by atoms with Crippen molar-refractivity contribution in [2.75, 3.05) is 13.1 Å². The van der Waals surface area contributed by atoms with Crippen LogP contribution in [-0.4, -0.2) is 73.4 Å². The van der Waals surface area contributed by atoms with Gasteiger partial charge in [-0.15, -0.1) is 6.58 Å². The Morgan fingerprint density at radius 3 is 2.64 bits per heavy atom. The molecule has 2 fully saturated rings. The first kappa shape index (κ1) is 30.6. The normalized spacial score (nSPS) is 29.0. The maximum atomic E-state index is 13.6. The molecule has 0 radical (unpaired) electrons. The van der Waals surface area contributed by atoms with Crippen LogP contribution in [0.25, 0.3) is 0 Å². The van der Waals surface area contributed by atoms with Crippen molar-refractivity contribution in [3.8, 4) is 0 Å². The van der Waals surface area contributed by atoms with Crippen molar-refractivity contribution in [1.29, 1.82) is 0 Å². The number of ether oxygens (including phenoxy) is 1. The summed E-state index contributed by atoms with van der Waals surface area (Å²) in [6.07, 6.45) is 9.05. The van der Waals surface area contributed by atoms with Crippen molar-refractivity contribution < 1.29 is 32.3 Å². The van der Waals surface area contributed by atoms with Gasteiger partial charge in [0.15, 0.2) is 0 Å². The molecule has 0 aromatic carbocycles. The lowest BCUT2D eigenvalue weighted by Gasteiger charge is -2.30. The molecule has 2 heterocycles. The molecule has 4 atom stereocenters. The summed E-state index contributed by atoms with van der Waals surface area (Å²) < 4.78 is 34.2. The highest BCUT2D eigenvalue weighted by atomic mass is 32.2. The van der Waals surface area contributed by atoms with E-state index in [0.29, 0.717) is 38.6 Å². The highest BCUT2D eigenvalue weighted by Crippen LogP contribution is 2.45. The van der Waals surface area contributed by atoms with Crippen molar-refractivity contribution in [2.24, 2.45) is 5.92 Å². The fourth-order valence-electron chi connectivity index (χ4n) is 4.96. The smallest absolute Gasteiger partial charge is 0.408 e. The number of fused-ring (bicyclic) bond motifs is 2. The first-order valence-electron chi connectivity index (χ1n) is 13.5. The topological polar surface area (TPSA) is 163 Å². The minimum absolute atomic E-state index is 0.0665. The van der Waals surface area contributed by atoms with Crippen LogP contribution in [0.4, 0.5) is 4.79 Å². The second kappa shape index (κ2) is 12.5. The lowest BCUT2D eigenvalue weighted by molar-refractivity contribution is -0.141. The standard InChI is InChI=1S/C26H41N5O7S/c1-5-15-27-39(36,37)30-23(34)26-17-18(26)12-9-7-6-8-10-13-19(28-24(35)38-25(2,3)4)22(33)31-16-11-14-20(31)21(32)29-26/h5,9,12,18-20,27H,1,6-8,10-11,13-17H2,2-4H3,(H,28,35)(H,29,32)(H,30,34)/b12-9-/t18-,19+,20+,26-/m1/s1. The third-order valence-corrected chi connectivity index (χ3v) is 7.97. The Morgan fingerprint density at radius 2 is 1.95 bits per heavy atom. The van der Waals surface area contributed by atoms with Gasteiger partial charge in [-0.3, -0.25) is 14.4 Å². The average Bonchev–Trinajstić information content (AvgIpc) is 3.29. The second-order valence-corrected chi connectivity index (χ2v) is 12.8. The zero-order valence-corrected chi connectivity index (χ0v) is 23.8. The molecular weight excluding hydrogens is 526 g/mol. The number of carbonyl (C=O) groups excluding carboxylic acids is 4. The van der Waals surface area contributed by atoms with E-state index in [0.717, 1.165) is 12.8 Å². The van der Waals surface area contributed by atoms with Crippen LogP contribution in [0.15, 0.2) is 24.8 Å². The van der Waals surface area contributed by atoms with Crippen LogP contribution in [0.3, 0.4) is 0 Å². The zero-order chi connectivity index (χ0) is 28.8. The molecule has 4 amide bonds. The van der Waals surface area contributed by atoms with Crippen molar-refractivity contribution >= 4 is 34.0 Å². The number of hydrogen-bond donors (Lipinski definition) is 4. The van der Waals surface area contributed by atoms with E-state index in [9.17, 15) is 27.6 Å². The number of alkyl carbamates (subject to hydrolysis) is 1. The summed E-state index contributed by atoms with van der Waals surface area (Å²) in [4.78, 5) is 54.2. The van der Waals surface area contributed by atoms with E-state index in [1.807, 2.05) is 16.9 Å². The van der Waals surface area contributed by atoms with Gasteiger partial charge in [-0.05, 0) is 59.3 Å². The van der Waals surface area contributed by atoms with E-state index >= 15 is 0 Å². The molecule has 13 heteroatoms. The minimum atomic E-state index is -4.16. The van der Waals surface area contributed by atoms with Gasteiger partial charge < -0.3 is 20.3 Å². The quantitative estimate of drug-likeness (QED) is 0.353. The summed E-state index contributed by atoms with van der Waals surface area (Å²) in [6.45, 7) is 8.91. The summed E-state index contributed by atoms with van der Waals surface area (Å²) in [7, 11) is -4.16. The van der Waals surface area contributed by atoms with E-state index in [1.54, 1.807) is 20.8 Å². The Bertz CT molecular complexity index is 1100. The first-order chi connectivity index (χ1) is 18.3. The molecule has 39 heavy (non-hydrogen) atoms. The van der Waals surface area contributed by atoms with Gasteiger partial charge in [0.1, 0.15) is 23.2 Å². The third-order valence-electron chi connectivity index (χ3n) is 6.97. The number of rotatable bonds is 6. The fourth-order valence-corrected chi connectivity index (χ4v) is 5.80. The van der Waals surface area contributed by atoms with Crippen LogP contribution < -0.4 is 20.1 Å². The van der Waals surface area contributed by atoms with E-state index in [4.69, 9.17) is 4.74 Å². The van der Waals surface area contributed by atoms with Crippen molar-refractivity contribution in [3.05, 3.63) is 24.8 Å². The number of amides is 4. The molecule has 4 N–H and O–H groups in total. The molecule has 0 spiro atoms. The molecule has 0 aromatic rings. The average molecular weight is 568 g/mol. The lowest BCUT2D eigenvalue weighted by atomic mass is 10.0. The molecule has 3 rings (SSSR count). The predicted molar refractivity (Wildman–Crippen MR) is 144 cm³/mol. The fraction of sp³-hybridized carbons (Fsp3) is 0.692. The predicted octanol–water partition coefficient (Wildman–Crippen LogP) is 1.40. The zero-order valence-electron chi connectivity index (χ0n) is 23.0. The summed E-state index contributed by atoms with van der Waals surface area (Å²) >= 11 is 0. The number of carbonyl (C=O) groups is 4. The molecule has 1 saturated heterocycles. The van der Waals surface area contributed by atoms with E-state index in [2.05, 4.69) is 21.9 Å². The molecule has 1 saturated carbocycles. The maximum absolute atomic E-state index is 13.6. The van der Waals surface area contributed by atoms with Crippen molar-refractivity contribution in [1.82, 2.24) is 25.0 Å². The molecule has 0 bridgehead atoms. The summed E-state index contributed by atoms with van der Waals surface area (Å²) in [6, 6.07) is -1.71. The third kappa shape index (κ3) is 8.28. The van der Waals surface area contributed by atoms with Gasteiger partial charge in [-0.2, -0.15) is 13.1 Å². The van der Waals surface area contributed by atoms with E-state index < -0.39 is 51.3 Å². The molecule has 218 valence electrons. The Hall–Kier alpha value is -2.93. The molecule has 12 nitrogen and oxygen atoms in total. The van der Waals surface area contributed by atoms with Crippen LogP contribution in [0.5, 0.6) is 0 Å². The van der Waals surface area contributed by atoms with Crippen LogP contribution in [0, 0.1) is 5.92 Å². The van der Waals surface area contributed by atoms with Gasteiger partial charge >= 0.3 is 16.3 Å². The van der Waals surface area contributed by atoms with Gasteiger partial charge in [0.05, 0.1) is 0 Å². The minimum Gasteiger partial charge on any atom is -0.444 e. The second-order valence-electron chi connectivity index (χ2n) is 11.3. The van der Waals surface area contributed by atoms with Crippen LogP contribution in [0.1, 0.15) is 72.1 Å². The lowest BCUT2D eigenvalue weighted by Crippen LogP contribution is -2.59. The molecule has 1 aliphatic carbocycles. The molecule has 0 unspecified atom stereocenters. The van der Waals surface area contributed by atoms with Gasteiger partial charge in [-0.25, -0.2) is 9.52 Å². The van der Waals surface area contributed by atoms with E-state index in [-0.39, 0.29) is 24.8 Å². The highest BCUT2D eigenvalue weighted by Gasteiger charge is 2.61.